The first-order valence-corrected chi connectivity index (χ1v) is 8.42. The second-order valence-corrected chi connectivity index (χ2v) is 6.75. The standard InChI is InChI=1S/C17H17ClN2OS/c1-12(2)10-20-15(16-4-3-9-21-16)11-22-17(20)19-14-7-5-13(18)6-8-14/h3-9,11-12H,10H2,1-2H3. The first-order valence-electron chi connectivity index (χ1n) is 7.16. The molecule has 0 fully saturated rings. The van der Waals surface area contributed by atoms with Gasteiger partial charge < -0.3 is 8.98 Å². The molecule has 0 unspecified atom stereocenters. The zero-order chi connectivity index (χ0) is 15.5. The molecule has 22 heavy (non-hydrogen) atoms. The number of hydrogen-bond acceptors (Lipinski definition) is 3. The normalized spacial score (nSPS) is 12.3. The molecule has 0 radical (unpaired) electrons. The lowest BCUT2D eigenvalue weighted by Gasteiger charge is -2.10. The van der Waals surface area contributed by atoms with Crippen molar-refractivity contribution in [1.82, 2.24) is 4.57 Å². The van der Waals surface area contributed by atoms with Gasteiger partial charge in [0.25, 0.3) is 0 Å². The van der Waals surface area contributed by atoms with Gasteiger partial charge in [0, 0.05) is 16.9 Å². The van der Waals surface area contributed by atoms with Gasteiger partial charge >= 0.3 is 0 Å². The van der Waals surface area contributed by atoms with Crippen LogP contribution < -0.4 is 4.80 Å². The van der Waals surface area contributed by atoms with Crippen LogP contribution in [-0.4, -0.2) is 4.57 Å². The van der Waals surface area contributed by atoms with Crippen LogP contribution in [-0.2, 0) is 6.54 Å². The number of thiazole rings is 1. The summed E-state index contributed by atoms with van der Waals surface area (Å²) in [5, 5.41) is 2.81. The van der Waals surface area contributed by atoms with Crippen LogP contribution in [0.1, 0.15) is 13.8 Å². The number of rotatable bonds is 4. The molecule has 0 atom stereocenters. The van der Waals surface area contributed by atoms with E-state index < -0.39 is 0 Å². The maximum Gasteiger partial charge on any atom is 0.190 e. The van der Waals surface area contributed by atoms with Gasteiger partial charge in [-0.2, -0.15) is 0 Å². The lowest BCUT2D eigenvalue weighted by molar-refractivity contribution is 0.507. The van der Waals surface area contributed by atoms with Crippen LogP contribution in [0, 0.1) is 5.92 Å². The van der Waals surface area contributed by atoms with Crippen LogP contribution in [0.15, 0.2) is 57.5 Å². The molecule has 0 saturated carbocycles. The van der Waals surface area contributed by atoms with Crippen molar-refractivity contribution in [2.45, 2.75) is 20.4 Å². The Kier molecular flexibility index (Phi) is 4.50. The highest BCUT2D eigenvalue weighted by Crippen LogP contribution is 2.22. The largest absolute Gasteiger partial charge is 0.463 e. The Morgan fingerprint density at radius 1 is 1.23 bits per heavy atom. The maximum absolute atomic E-state index is 5.93. The Morgan fingerprint density at radius 2 is 2.00 bits per heavy atom. The van der Waals surface area contributed by atoms with Crippen molar-refractivity contribution < 1.29 is 4.42 Å². The molecule has 3 nitrogen and oxygen atoms in total. The molecule has 5 heteroatoms. The molecule has 1 aromatic carbocycles. The second-order valence-electron chi connectivity index (χ2n) is 5.47. The van der Waals surface area contributed by atoms with Gasteiger partial charge in [-0.25, -0.2) is 4.99 Å². The number of benzene rings is 1. The topological polar surface area (TPSA) is 30.4 Å². The lowest BCUT2D eigenvalue weighted by Crippen LogP contribution is -2.18. The summed E-state index contributed by atoms with van der Waals surface area (Å²) in [7, 11) is 0. The minimum absolute atomic E-state index is 0.521. The maximum atomic E-state index is 5.93. The van der Waals surface area contributed by atoms with Crippen LogP contribution in [0.4, 0.5) is 5.69 Å². The summed E-state index contributed by atoms with van der Waals surface area (Å²) in [5.74, 6) is 1.39. The molecule has 0 spiro atoms. The van der Waals surface area contributed by atoms with Crippen molar-refractivity contribution in [2.24, 2.45) is 10.9 Å². The van der Waals surface area contributed by atoms with Crippen molar-refractivity contribution in [3.63, 3.8) is 0 Å². The Hall–Kier alpha value is -1.78. The molecule has 0 N–H and O–H groups in total. The van der Waals surface area contributed by atoms with Gasteiger partial charge in [-0.3, -0.25) is 0 Å². The van der Waals surface area contributed by atoms with Crippen molar-refractivity contribution in [1.29, 1.82) is 0 Å². The Morgan fingerprint density at radius 3 is 2.64 bits per heavy atom. The minimum Gasteiger partial charge on any atom is -0.463 e. The van der Waals surface area contributed by atoms with Crippen LogP contribution in [0.25, 0.3) is 11.5 Å². The summed E-state index contributed by atoms with van der Waals surface area (Å²) in [6.07, 6.45) is 1.70. The van der Waals surface area contributed by atoms with Gasteiger partial charge in [-0.05, 0) is 42.3 Å². The molecule has 2 heterocycles. The summed E-state index contributed by atoms with van der Waals surface area (Å²) in [4.78, 5) is 5.71. The summed E-state index contributed by atoms with van der Waals surface area (Å²) in [5.41, 5.74) is 1.96. The molecule has 0 aliphatic rings. The van der Waals surface area contributed by atoms with E-state index in [1.54, 1.807) is 17.6 Å². The van der Waals surface area contributed by atoms with Crippen LogP contribution in [0.2, 0.25) is 5.02 Å². The van der Waals surface area contributed by atoms with Gasteiger partial charge in [0.2, 0.25) is 0 Å². The summed E-state index contributed by atoms with van der Waals surface area (Å²) >= 11 is 7.55. The fourth-order valence-electron chi connectivity index (χ4n) is 2.21. The third-order valence-corrected chi connectivity index (χ3v) is 4.29. The number of furan rings is 1. The number of halogens is 1. The van der Waals surface area contributed by atoms with E-state index in [9.17, 15) is 0 Å². The van der Waals surface area contributed by atoms with Gasteiger partial charge in [-0.1, -0.05) is 25.4 Å². The first kappa shape index (κ1) is 15.1. The molecular weight excluding hydrogens is 316 g/mol. The van der Waals surface area contributed by atoms with E-state index in [0.717, 1.165) is 33.5 Å². The smallest absolute Gasteiger partial charge is 0.190 e. The van der Waals surface area contributed by atoms with Crippen molar-refractivity contribution in [2.75, 3.05) is 0 Å². The second kappa shape index (κ2) is 6.55. The predicted molar refractivity (Wildman–Crippen MR) is 91.5 cm³/mol. The van der Waals surface area contributed by atoms with E-state index in [0.29, 0.717) is 5.92 Å². The molecule has 0 amide bonds. The molecular formula is C17H17ClN2OS. The van der Waals surface area contributed by atoms with Gasteiger partial charge in [0.1, 0.15) is 0 Å². The van der Waals surface area contributed by atoms with Gasteiger partial charge in [0.05, 0.1) is 17.6 Å². The van der Waals surface area contributed by atoms with Gasteiger partial charge in [0.15, 0.2) is 10.6 Å². The highest BCUT2D eigenvalue weighted by Gasteiger charge is 2.11. The average Bonchev–Trinajstić information content (AvgIpc) is 3.11. The Labute approximate surface area is 138 Å². The quantitative estimate of drug-likeness (QED) is 0.633. The molecule has 114 valence electrons. The minimum atomic E-state index is 0.521. The molecule has 2 aromatic heterocycles. The fraction of sp³-hybridized carbons (Fsp3) is 0.235. The molecule has 0 aliphatic carbocycles. The SMILES string of the molecule is CC(C)Cn1c(-c2ccco2)csc1=Nc1ccc(Cl)cc1. The zero-order valence-corrected chi connectivity index (χ0v) is 14.1. The highest BCUT2D eigenvalue weighted by atomic mass is 35.5. The fourth-order valence-corrected chi connectivity index (χ4v) is 3.25. The van der Waals surface area contributed by atoms with Crippen molar-refractivity contribution in [3.05, 3.63) is 57.9 Å². The van der Waals surface area contributed by atoms with Crippen molar-refractivity contribution in [3.8, 4) is 11.5 Å². The van der Waals surface area contributed by atoms with E-state index in [2.05, 4.69) is 23.8 Å². The van der Waals surface area contributed by atoms with E-state index in [-0.39, 0.29) is 0 Å². The van der Waals surface area contributed by atoms with Gasteiger partial charge in [-0.15, -0.1) is 11.3 Å². The molecule has 0 bridgehead atoms. The van der Waals surface area contributed by atoms with Crippen LogP contribution in [0.5, 0.6) is 0 Å². The van der Waals surface area contributed by atoms with E-state index in [1.807, 2.05) is 36.4 Å². The molecule has 0 saturated heterocycles. The summed E-state index contributed by atoms with van der Waals surface area (Å²) in [6, 6.07) is 11.4. The Balaban J connectivity index is 2.09. The number of nitrogens with zero attached hydrogens (tertiary/aromatic N) is 2. The number of aromatic nitrogens is 1. The van der Waals surface area contributed by atoms with E-state index in [1.165, 1.54) is 0 Å². The highest BCUT2D eigenvalue weighted by molar-refractivity contribution is 7.07. The van der Waals surface area contributed by atoms with E-state index >= 15 is 0 Å². The monoisotopic (exact) mass is 332 g/mol. The van der Waals surface area contributed by atoms with E-state index in [4.69, 9.17) is 21.0 Å². The first-order chi connectivity index (χ1) is 10.6. The number of hydrogen-bond donors (Lipinski definition) is 0. The zero-order valence-electron chi connectivity index (χ0n) is 12.5. The lowest BCUT2D eigenvalue weighted by atomic mass is 10.2. The van der Waals surface area contributed by atoms with Crippen LogP contribution >= 0.6 is 22.9 Å². The third-order valence-electron chi connectivity index (χ3n) is 3.17. The van der Waals surface area contributed by atoms with Crippen LogP contribution in [0.3, 0.4) is 0 Å². The molecule has 0 aliphatic heterocycles. The third kappa shape index (κ3) is 3.34. The summed E-state index contributed by atoms with van der Waals surface area (Å²) < 4.78 is 7.76. The molecule has 3 aromatic rings. The predicted octanol–water partition coefficient (Wildman–Crippen LogP) is 5.35. The Bertz CT molecular complexity index is 798. The summed E-state index contributed by atoms with van der Waals surface area (Å²) in [6.45, 7) is 5.29. The molecule has 3 rings (SSSR count). The average molecular weight is 333 g/mol. The van der Waals surface area contributed by atoms with Crippen molar-refractivity contribution >= 4 is 28.6 Å².